The molecule has 38 heavy (non-hydrogen) atoms. The lowest BCUT2D eigenvalue weighted by Crippen LogP contribution is -2.17. The molecule has 0 radical (unpaired) electrons. The number of aromatic amines is 1. The number of esters is 1. The molecule has 4 aromatic rings. The minimum atomic E-state index is -4.89. The highest BCUT2D eigenvalue weighted by atomic mass is 19.4. The summed E-state index contributed by atoms with van der Waals surface area (Å²) in [5, 5.41) is 0.749. The Morgan fingerprint density at radius 3 is 2.29 bits per heavy atom. The molecule has 0 fully saturated rings. The maximum absolute atomic E-state index is 13.8. The van der Waals surface area contributed by atoms with Gasteiger partial charge in [-0.25, -0.2) is 4.98 Å². The van der Waals surface area contributed by atoms with E-state index in [-0.39, 0.29) is 35.8 Å². The van der Waals surface area contributed by atoms with Gasteiger partial charge in [0.15, 0.2) is 5.69 Å². The summed E-state index contributed by atoms with van der Waals surface area (Å²) in [6.45, 7) is 1.53. The number of aromatic nitrogens is 2. The Morgan fingerprint density at radius 2 is 1.63 bits per heavy atom. The monoisotopic (exact) mass is 538 g/mol. The SMILES string of the molecule is CCOC(=O)Cc1c[nH]c2cc(OCc3ccc(-c4ccc(OC(F)(F)F)cc4)nc3C(F)(F)F)ccc12. The summed E-state index contributed by atoms with van der Waals surface area (Å²) >= 11 is 0. The Hall–Kier alpha value is -4.22. The Kier molecular flexibility index (Phi) is 7.51. The van der Waals surface area contributed by atoms with E-state index in [2.05, 4.69) is 14.7 Å². The predicted molar refractivity (Wildman–Crippen MR) is 124 cm³/mol. The number of fused-ring (bicyclic) bond motifs is 1. The average molecular weight is 538 g/mol. The molecule has 2 heterocycles. The number of alkyl halides is 6. The first kappa shape index (κ1) is 26.8. The molecule has 200 valence electrons. The van der Waals surface area contributed by atoms with Crippen LogP contribution in [0.4, 0.5) is 26.3 Å². The zero-order valence-corrected chi connectivity index (χ0v) is 19.7. The summed E-state index contributed by atoms with van der Waals surface area (Å²) in [6, 6.07) is 11.7. The number of benzene rings is 2. The van der Waals surface area contributed by atoms with Gasteiger partial charge < -0.3 is 19.2 Å². The van der Waals surface area contributed by atoms with Crippen LogP contribution in [0.25, 0.3) is 22.2 Å². The molecule has 4 rings (SSSR count). The zero-order chi connectivity index (χ0) is 27.5. The summed E-state index contributed by atoms with van der Waals surface area (Å²) < 4.78 is 92.7. The van der Waals surface area contributed by atoms with Crippen molar-refractivity contribution in [1.29, 1.82) is 0 Å². The number of hydrogen-bond donors (Lipinski definition) is 1. The van der Waals surface area contributed by atoms with Crippen molar-refractivity contribution in [2.24, 2.45) is 0 Å². The maximum atomic E-state index is 13.8. The van der Waals surface area contributed by atoms with Crippen molar-refractivity contribution < 1.29 is 45.3 Å². The normalized spacial score (nSPS) is 12.0. The van der Waals surface area contributed by atoms with E-state index in [9.17, 15) is 31.1 Å². The Balaban J connectivity index is 1.52. The standard InChI is InChI=1S/C26H20F6N2O4/c1-2-36-23(35)11-17-13-33-22-12-19(8-9-20(17)22)37-14-16-5-10-21(34-24(16)25(27,28)29)15-3-6-18(7-4-15)38-26(30,31)32/h3-10,12-13,33H,2,11,14H2,1H3. The van der Waals surface area contributed by atoms with Crippen molar-refractivity contribution >= 4 is 16.9 Å². The zero-order valence-electron chi connectivity index (χ0n) is 19.7. The number of nitrogens with zero attached hydrogens (tertiary/aromatic N) is 1. The number of ether oxygens (including phenoxy) is 3. The van der Waals surface area contributed by atoms with E-state index in [0.29, 0.717) is 16.8 Å². The topological polar surface area (TPSA) is 73.4 Å². The number of H-pyrrole nitrogens is 1. The van der Waals surface area contributed by atoms with Crippen LogP contribution < -0.4 is 9.47 Å². The lowest BCUT2D eigenvalue weighted by Gasteiger charge is -2.15. The molecular formula is C26H20F6N2O4. The van der Waals surface area contributed by atoms with E-state index in [4.69, 9.17) is 9.47 Å². The molecule has 0 aliphatic heterocycles. The maximum Gasteiger partial charge on any atom is 0.573 e. The Labute approximate surface area is 212 Å². The molecule has 1 N–H and O–H groups in total. The lowest BCUT2D eigenvalue weighted by atomic mass is 10.1. The third kappa shape index (κ3) is 6.55. The minimum absolute atomic E-state index is 0.0685. The van der Waals surface area contributed by atoms with Gasteiger partial charge in [-0.2, -0.15) is 13.2 Å². The van der Waals surface area contributed by atoms with Gasteiger partial charge in [-0.15, -0.1) is 13.2 Å². The highest BCUT2D eigenvalue weighted by Gasteiger charge is 2.36. The number of carbonyl (C=O) groups excluding carboxylic acids is 1. The molecule has 0 aliphatic rings. The van der Waals surface area contributed by atoms with Gasteiger partial charge >= 0.3 is 18.5 Å². The number of pyridine rings is 1. The van der Waals surface area contributed by atoms with Crippen LogP contribution in [0.2, 0.25) is 0 Å². The van der Waals surface area contributed by atoms with Gasteiger partial charge in [-0.05, 0) is 55.0 Å². The van der Waals surface area contributed by atoms with Crippen LogP contribution in [0, 0.1) is 0 Å². The molecule has 0 atom stereocenters. The number of halogens is 6. The fourth-order valence-corrected chi connectivity index (χ4v) is 3.77. The molecule has 2 aromatic heterocycles. The molecule has 12 heteroatoms. The van der Waals surface area contributed by atoms with Crippen molar-refractivity contribution in [1.82, 2.24) is 9.97 Å². The highest BCUT2D eigenvalue weighted by molar-refractivity contribution is 5.88. The number of rotatable bonds is 8. The van der Waals surface area contributed by atoms with Crippen LogP contribution in [-0.4, -0.2) is 28.9 Å². The summed E-state index contributed by atoms with van der Waals surface area (Å²) in [7, 11) is 0. The summed E-state index contributed by atoms with van der Waals surface area (Å²) in [5.41, 5.74) is 0.0254. The fraction of sp³-hybridized carbons (Fsp3) is 0.231. The molecule has 0 saturated carbocycles. The molecular weight excluding hydrogens is 518 g/mol. The van der Waals surface area contributed by atoms with Crippen molar-refractivity contribution in [2.45, 2.75) is 32.5 Å². The summed E-state index contributed by atoms with van der Waals surface area (Å²) in [5.74, 6) is -0.594. The molecule has 0 aliphatic carbocycles. The second-order valence-corrected chi connectivity index (χ2v) is 8.07. The van der Waals surface area contributed by atoms with Crippen LogP contribution in [0.3, 0.4) is 0 Å². The molecule has 6 nitrogen and oxygen atoms in total. The molecule has 0 bridgehead atoms. The first-order valence-corrected chi connectivity index (χ1v) is 11.2. The van der Waals surface area contributed by atoms with Gasteiger partial charge in [0.05, 0.1) is 18.7 Å². The van der Waals surface area contributed by atoms with E-state index < -0.39 is 30.6 Å². The van der Waals surface area contributed by atoms with Crippen LogP contribution in [0.5, 0.6) is 11.5 Å². The number of carbonyl (C=O) groups is 1. The number of hydrogen-bond acceptors (Lipinski definition) is 5. The first-order valence-electron chi connectivity index (χ1n) is 11.2. The largest absolute Gasteiger partial charge is 0.573 e. The van der Waals surface area contributed by atoms with Crippen molar-refractivity contribution in [3.05, 3.63) is 77.6 Å². The average Bonchev–Trinajstić information content (AvgIpc) is 3.23. The van der Waals surface area contributed by atoms with Crippen molar-refractivity contribution in [2.75, 3.05) is 6.61 Å². The van der Waals surface area contributed by atoms with Gasteiger partial charge in [0.2, 0.25) is 0 Å². The van der Waals surface area contributed by atoms with E-state index >= 15 is 0 Å². The van der Waals surface area contributed by atoms with Crippen LogP contribution in [0.1, 0.15) is 23.7 Å². The second kappa shape index (κ2) is 10.6. The van der Waals surface area contributed by atoms with Crippen molar-refractivity contribution in [3.63, 3.8) is 0 Å². The van der Waals surface area contributed by atoms with Gasteiger partial charge in [0, 0.05) is 34.3 Å². The first-order chi connectivity index (χ1) is 17.9. The predicted octanol–water partition coefficient (Wildman–Crippen LogP) is 6.83. The second-order valence-electron chi connectivity index (χ2n) is 8.07. The number of nitrogens with one attached hydrogen (secondary N) is 1. The van der Waals surface area contributed by atoms with Crippen LogP contribution in [-0.2, 0) is 28.7 Å². The minimum Gasteiger partial charge on any atom is -0.489 e. The van der Waals surface area contributed by atoms with Gasteiger partial charge in [0.25, 0.3) is 0 Å². The smallest absolute Gasteiger partial charge is 0.489 e. The van der Waals surface area contributed by atoms with Gasteiger partial charge in [-0.1, -0.05) is 6.07 Å². The van der Waals surface area contributed by atoms with E-state index in [1.54, 1.807) is 31.3 Å². The molecule has 0 amide bonds. The van der Waals surface area contributed by atoms with Crippen LogP contribution in [0.15, 0.2) is 60.8 Å². The summed E-state index contributed by atoms with van der Waals surface area (Å²) in [6.07, 6.45) is -7.97. The van der Waals surface area contributed by atoms with Gasteiger partial charge in [-0.3, -0.25) is 4.79 Å². The molecule has 0 saturated heterocycles. The quantitative estimate of drug-likeness (QED) is 0.197. The van der Waals surface area contributed by atoms with E-state index in [0.717, 1.165) is 17.5 Å². The van der Waals surface area contributed by atoms with Crippen LogP contribution >= 0.6 is 0 Å². The molecule has 2 aromatic carbocycles. The third-order valence-electron chi connectivity index (χ3n) is 5.40. The molecule has 0 spiro atoms. The highest BCUT2D eigenvalue weighted by Crippen LogP contribution is 2.34. The Bertz CT molecular complexity index is 1430. The Morgan fingerprint density at radius 1 is 0.921 bits per heavy atom. The third-order valence-corrected chi connectivity index (χ3v) is 5.40. The lowest BCUT2D eigenvalue weighted by molar-refractivity contribution is -0.274. The fourth-order valence-electron chi connectivity index (χ4n) is 3.77. The molecule has 0 unspecified atom stereocenters. The van der Waals surface area contributed by atoms with Gasteiger partial charge in [0.1, 0.15) is 18.1 Å². The van der Waals surface area contributed by atoms with E-state index in [1.165, 1.54) is 24.3 Å². The van der Waals surface area contributed by atoms with Crippen molar-refractivity contribution in [3.8, 4) is 22.8 Å². The van der Waals surface area contributed by atoms with E-state index in [1.807, 2.05) is 0 Å². The summed E-state index contributed by atoms with van der Waals surface area (Å²) in [4.78, 5) is 18.5.